The molecule has 2 aromatic carbocycles. The maximum Gasteiger partial charge on any atom is 0.258 e. The van der Waals surface area contributed by atoms with Gasteiger partial charge in [-0.15, -0.1) is 0 Å². The molecule has 0 bridgehead atoms. The molecule has 0 aliphatic carbocycles. The van der Waals surface area contributed by atoms with E-state index in [2.05, 4.69) is 5.32 Å². The van der Waals surface area contributed by atoms with E-state index in [0.29, 0.717) is 48.1 Å². The van der Waals surface area contributed by atoms with Gasteiger partial charge in [-0.3, -0.25) is 9.59 Å². The van der Waals surface area contributed by atoms with Gasteiger partial charge in [-0.05, 0) is 41.8 Å². The summed E-state index contributed by atoms with van der Waals surface area (Å²) in [6.45, 7) is 5.08. The number of ether oxygens (including phenoxy) is 4. The van der Waals surface area contributed by atoms with Crippen molar-refractivity contribution in [1.29, 1.82) is 0 Å². The van der Waals surface area contributed by atoms with Crippen LogP contribution < -0.4 is 24.3 Å². The van der Waals surface area contributed by atoms with Crippen molar-refractivity contribution >= 4 is 12.2 Å². The highest BCUT2D eigenvalue weighted by Gasteiger charge is 2.21. The number of carbonyl (C=O) groups is 2. The van der Waals surface area contributed by atoms with Crippen LogP contribution >= 0.6 is 0 Å². The first kappa shape index (κ1) is 21.5. The van der Waals surface area contributed by atoms with Gasteiger partial charge in [-0.2, -0.15) is 0 Å². The van der Waals surface area contributed by atoms with Gasteiger partial charge in [-0.1, -0.05) is 19.9 Å². The molecule has 1 amide bonds. The van der Waals surface area contributed by atoms with Crippen LogP contribution in [0.1, 0.15) is 42.2 Å². The summed E-state index contributed by atoms with van der Waals surface area (Å²) in [7, 11) is 1.52. The summed E-state index contributed by atoms with van der Waals surface area (Å²) in [5.41, 5.74) is 1.26. The third kappa shape index (κ3) is 5.23. The number of aldehydes is 1. The fourth-order valence-electron chi connectivity index (χ4n) is 3.24. The topological polar surface area (TPSA) is 83.1 Å². The molecule has 1 aliphatic heterocycles. The minimum atomic E-state index is -0.284. The minimum Gasteiger partial charge on any atom is -0.497 e. The monoisotopic (exact) mass is 413 g/mol. The van der Waals surface area contributed by atoms with E-state index < -0.39 is 0 Å². The van der Waals surface area contributed by atoms with Crippen LogP contribution in [0.2, 0.25) is 0 Å². The fraction of sp³-hybridized carbons (Fsp3) is 0.391. The molecular weight excluding hydrogens is 386 g/mol. The van der Waals surface area contributed by atoms with Crippen molar-refractivity contribution in [2.45, 2.75) is 26.3 Å². The van der Waals surface area contributed by atoms with Crippen molar-refractivity contribution in [3.8, 4) is 23.0 Å². The molecule has 0 spiro atoms. The Morgan fingerprint density at radius 2 is 1.90 bits per heavy atom. The van der Waals surface area contributed by atoms with E-state index in [-0.39, 0.29) is 24.5 Å². The Morgan fingerprint density at radius 1 is 1.13 bits per heavy atom. The smallest absolute Gasteiger partial charge is 0.258 e. The Hall–Kier alpha value is -3.22. The lowest BCUT2D eigenvalue weighted by Crippen LogP contribution is -2.35. The lowest BCUT2D eigenvalue weighted by Gasteiger charge is -2.24. The Balaban J connectivity index is 1.68. The van der Waals surface area contributed by atoms with Crippen LogP contribution in [0, 0.1) is 5.92 Å². The van der Waals surface area contributed by atoms with Gasteiger partial charge >= 0.3 is 0 Å². The lowest BCUT2D eigenvalue weighted by atomic mass is 9.95. The number of rotatable bonds is 8. The average Bonchev–Trinajstić information content (AvgIpc) is 3.00. The zero-order valence-corrected chi connectivity index (χ0v) is 17.5. The van der Waals surface area contributed by atoms with Crippen molar-refractivity contribution in [2.24, 2.45) is 5.92 Å². The highest BCUT2D eigenvalue weighted by molar-refractivity contribution is 5.81. The van der Waals surface area contributed by atoms with Crippen LogP contribution in [-0.2, 0) is 4.79 Å². The zero-order chi connectivity index (χ0) is 21.5. The molecule has 1 aliphatic rings. The van der Waals surface area contributed by atoms with E-state index in [0.717, 1.165) is 12.0 Å². The van der Waals surface area contributed by atoms with Gasteiger partial charge in [0.05, 0.1) is 31.9 Å². The number of amides is 1. The molecule has 1 heterocycles. The Labute approximate surface area is 176 Å². The molecule has 0 saturated heterocycles. The van der Waals surface area contributed by atoms with Crippen molar-refractivity contribution in [2.75, 3.05) is 26.9 Å². The van der Waals surface area contributed by atoms with Crippen molar-refractivity contribution < 1.29 is 28.5 Å². The zero-order valence-electron chi connectivity index (χ0n) is 17.5. The summed E-state index contributed by atoms with van der Waals surface area (Å²) in [5.74, 6) is 2.14. The highest BCUT2D eigenvalue weighted by atomic mass is 16.5. The number of hydrogen-bond donors (Lipinski definition) is 1. The molecule has 160 valence electrons. The molecular formula is C23H27NO6. The maximum absolute atomic E-state index is 12.6. The van der Waals surface area contributed by atoms with Crippen molar-refractivity contribution in [3.63, 3.8) is 0 Å². The molecule has 1 atom stereocenters. The molecule has 1 N–H and O–H groups in total. The first-order valence-electron chi connectivity index (χ1n) is 9.96. The summed E-state index contributed by atoms with van der Waals surface area (Å²) in [6, 6.07) is 10.4. The van der Waals surface area contributed by atoms with Gasteiger partial charge in [0.15, 0.2) is 24.4 Å². The molecule has 0 fully saturated rings. The molecule has 3 rings (SSSR count). The summed E-state index contributed by atoms with van der Waals surface area (Å²) in [6.07, 6.45) is 1.50. The normalized spacial score (nSPS) is 13.9. The summed E-state index contributed by atoms with van der Waals surface area (Å²) >= 11 is 0. The van der Waals surface area contributed by atoms with Crippen LogP contribution in [0.15, 0.2) is 36.4 Å². The third-order valence-electron chi connectivity index (χ3n) is 4.82. The van der Waals surface area contributed by atoms with Gasteiger partial charge in [-0.25, -0.2) is 0 Å². The molecule has 0 radical (unpaired) electrons. The number of benzene rings is 2. The SMILES string of the molecule is COc1ccc(OCC(=O)N[C@H](c2ccc3c(c2)OCCCO3)C(C)C)c(C=O)c1. The minimum absolute atomic E-state index is 0.144. The average molecular weight is 413 g/mol. The number of fused-ring (bicyclic) bond motifs is 1. The van der Waals surface area contributed by atoms with E-state index in [1.54, 1.807) is 18.2 Å². The second kappa shape index (κ2) is 10.0. The van der Waals surface area contributed by atoms with Crippen molar-refractivity contribution in [3.05, 3.63) is 47.5 Å². The quantitative estimate of drug-likeness (QED) is 0.667. The van der Waals surface area contributed by atoms with E-state index in [1.165, 1.54) is 7.11 Å². The first-order valence-corrected chi connectivity index (χ1v) is 9.96. The molecule has 2 aromatic rings. The molecule has 0 unspecified atom stereocenters. The first-order chi connectivity index (χ1) is 14.5. The van der Waals surface area contributed by atoms with Crippen LogP contribution in [0.4, 0.5) is 0 Å². The fourth-order valence-corrected chi connectivity index (χ4v) is 3.24. The van der Waals surface area contributed by atoms with Crippen molar-refractivity contribution in [1.82, 2.24) is 5.32 Å². The van der Waals surface area contributed by atoms with Gasteiger partial charge in [0.25, 0.3) is 5.91 Å². The Morgan fingerprint density at radius 3 is 2.60 bits per heavy atom. The third-order valence-corrected chi connectivity index (χ3v) is 4.82. The van der Waals surface area contributed by atoms with Gasteiger partial charge in [0, 0.05) is 6.42 Å². The van der Waals surface area contributed by atoms with Gasteiger partial charge < -0.3 is 24.3 Å². The molecule has 7 heteroatoms. The van der Waals surface area contributed by atoms with Crippen LogP contribution in [0.3, 0.4) is 0 Å². The van der Waals surface area contributed by atoms with E-state index in [1.807, 2.05) is 32.0 Å². The molecule has 7 nitrogen and oxygen atoms in total. The van der Waals surface area contributed by atoms with Crippen LogP contribution in [0.5, 0.6) is 23.0 Å². The maximum atomic E-state index is 12.6. The Bertz CT molecular complexity index is 895. The molecule has 30 heavy (non-hydrogen) atoms. The number of nitrogens with one attached hydrogen (secondary N) is 1. The standard InChI is InChI=1S/C23H27NO6/c1-15(2)23(16-5-7-20-21(12-16)29-10-4-9-28-20)24-22(26)14-30-19-8-6-18(27-3)11-17(19)13-25/h5-8,11-13,15,23H,4,9-10,14H2,1-3H3,(H,24,26)/t23-/m0/s1. The number of methoxy groups -OCH3 is 1. The Kier molecular flexibility index (Phi) is 7.17. The summed E-state index contributed by atoms with van der Waals surface area (Å²) in [5, 5.41) is 3.01. The largest absolute Gasteiger partial charge is 0.497 e. The molecule has 0 aromatic heterocycles. The highest BCUT2D eigenvalue weighted by Crippen LogP contribution is 2.34. The second-order valence-electron chi connectivity index (χ2n) is 7.36. The lowest BCUT2D eigenvalue weighted by molar-refractivity contribution is -0.124. The van der Waals surface area contributed by atoms with E-state index >= 15 is 0 Å². The van der Waals surface area contributed by atoms with Crippen LogP contribution in [-0.4, -0.2) is 39.1 Å². The molecule has 0 saturated carbocycles. The van der Waals surface area contributed by atoms with Gasteiger partial charge in [0.2, 0.25) is 0 Å². The predicted octanol–water partition coefficient (Wildman–Crippen LogP) is 3.56. The summed E-state index contributed by atoms with van der Waals surface area (Å²) < 4.78 is 22.1. The summed E-state index contributed by atoms with van der Waals surface area (Å²) in [4.78, 5) is 23.8. The van der Waals surface area contributed by atoms with Crippen LogP contribution in [0.25, 0.3) is 0 Å². The van der Waals surface area contributed by atoms with E-state index in [9.17, 15) is 9.59 Å². The predicted molar refractivity (Wildman–Crippen MR) is 112 cm³/mol. The van der Waals surface area contributed by atoms with Gasteiger partial charge in [0.1, 0.15) is 11.5 Å². The van der Waals surface area contributed by atoms with E-state index in [4.69, 9.17) is 18.9 Å². The number of hydrogen-bond acceptors (Lipinski definition) is 6. The number of carbonyl (C=O) groups excluding carboxylic acids is 2. The second-order valence-corrected chi connectivity index (χ2v) is 7.36.